The monoisotopic (exact) mass is 218 g/mol. The summed E-state index contributed by atoms with van der Waals surface area (Å²) in [5, 5.41) is 0. The van der Waals surface area contributed by atoms with Gasteiger partial charge in [0.1, 0.15) is 11.6 Å². The van der Waals surface area contributed by atoms with E-state index in [9.17, 15) is 8.78 Å². The fourth-order valence-electron chi connectivity index (χ4n) is 1.77. The van der Waals surface area contributed by atoms with Crippen LogP contribution in [-0.4, -0.2) is 0 Å². The Labute approximate surface area is 93.5 Å². The van der Waals surface area contributed by atoms with Crippen LogP contribution in [-0.2, 0) is 6.42 Å². The van der Waals surface area contributed by atoms with E-state index in [0.29, 0.717) is 12.0 Å². The van der Waals surface area contributed by atoms with Crippen molar-refractivity contribution in [1.29, 1.82) is 0 Å². The summed E-state index contributed by atoms with van der Waals surface area (Å²) >= 11 is 0. The SMILES string of the molecule is Cc1cccc(Cc2cc(F)cc(F)c2)c1. The van der Waals surface area contributed by atoms with Gasteiger partial charge in [-0.25, -0.2) is 8.78 Å². The topological polar surface area (TPSA) is 0 Å². The van der Waals surface area contributed by atoms with Crippen LogP contribution < -0.4 is 0 Å². The summed E-state index contributed by atoms with van der Waals surface area (Å²) in [6.07, 6.45) is 0.552. The smallest absolute Gasteiger partial charge is 0.126 e. The van der Waals surface area contributed by atoms with Crippen LogP contribution >= 0.6 is 0 Å². The zero-order valence-electron chi connectivity index (χ0n) is 9.00. The molecule has 0 aliphatic carbocycles. The highest BCUT2D eigenvalue weighted by atomic mass is 19.1. The molecule has 0 saturated heterocycles. The van der Waals surface area contributed by atoms with Crippen LogP contribution in [0.3, 0.4) is 0 Å². The average molecular weight is 218 g/mol. The molecule has 0 heterocycles. The minimum Gasteiger partial charge on any atom is -0.207 e. The molecular formula is C14H12F2. The summed E-state index contributed by atoms with van der Waals surface area (Å²) in [6.45, 7) is 2.00. The highest BCUT2D eigenvalue weighted by Gasteiger charge is 2.02. The molecule has 0 spiro atoms. The molecule has 2 aromatic rings. The standard InChI is InChI=1S/C14H12F2/c1-10-3-2-4-11(5-10)6-12-7-13(15)9-14(16)8-12/h2-5,7-9H,6H2,1H3. The Morgan fingerprint density at radius 1 is 0.875 bits per heavy atom. The number of benzene rings is 2. The van der Waals surface area contributed by atoms with E-state index in [0.717, 1.165) is 17.2 Å². The van der Waals surface area contributed by atoms with Crippen LogP contribution in [0, 0.1) is 18.6 Å². The van der Waals surface area contributed by atoms with Gasteiger partial charge in [-0.15, -0.1) is 0 Å². The second kappa shape index (κ2) is 4.44. The molecule has 0 aromatic heterocycles. The number of aryl methyl sites for hydroxylation is 1. The molecule has 0 aliphatic rings. The predicted octanol–water partition coefficient (Wildman–Crippen LogP) is 3.86. The van der Waals surface area contributed by atoms with Crippen molar-refractivity contribution in [3.05, 3.63) is 70.8 Å². The Hall–Kier alpha value is -1.70. The highest BCUT2D eigenvalue weighted by molar-refractivity contribution is 5.29. The summed E-state index contributed by atoms with van der Waals surface area (Å²) < 4.78 is 25.9. The molecule has 2 heteroatoms. The molecule has 0 aliphatic heterocycles. The van der Waals surface area contributed by atoms with Crippen molar-refractivity contribution in [2.24, 2.45) is 0 Å². The molecule has 0 bridgehead atoms. The van der Waals surface area contributed by atoms with E-state index in [1.807, 2.05) is 31.2 Å². The maximum absolute atomic E-state index is 13.0. The summed E-state index contributed by atoms with van der Waals surface area (Å²) in [7, 11) is 0. The second-order valence-corrected chi connectivity index (χ2v) is 3.94. The van der Waals surface area contributed by atoms with Crippen LogP contribution in [0.5, 0.6) is 0 Å². The molecule has 16 heavy (non-hydrogen) atoms. The largest absolute Gasteiger partial charge is 0.207 e. The van der Waals surface area contributed by atoms with Crippen LogP contribution in [0.1, 0.15) is 16.7 Å². The van der Waals surface area contributed by atoms with E-state index in [2.05, 4.69) is 0 Å². The fourth-order valence-corrected chi connectivity index (χ4v) is 1.77. The van der Waals surface area contributed by atoms with Gasteiger partial charge in [-0.1, -0.05) is 29.8 Å². The van der Waals surface area contributed by atoms with Crippen molar-refractivity contribution in [3.8, 4) is 0 Å². The molecule has 2 rings (SSSR count). The highest BCUT2D eigenvalue weighted by Crippen LogP contribution is 2.14. The van der Waals surface area contributed by atoms with Crippen molar-refractivity contribution >= 4 is 0 Å². The lowest BCUT2D eigenvalue weighted by Crippen LogP contribution is -1.91. The zero-order chi connectivity index (χ0) is 11.5. The van der Waals surface area contributed by atoms with Gasteiger partial charge in [-0.05, 0) is 36.6 Å². The first kappa shape index (κ1) is 10.8. The molecule has 0 fully saturated rings. The molecule has 0 radical (unpaired) electrons. The number of hydrogen-bond donors (Lipinski definition) is 0. The molecule has 82 valence electrons. The van der Waals surface area contributed by atoms with Gasteiger partial charge in [0.05, 0.1) is 0 Å². The van der Waals surface area contributed by atoms with E-state index in [-0.39, 0.29) is 0 Å². The van der Waals surface area contributed by atoms with Gasteiger partial charge in [-0.2, -0.15) is 0 Å². The van der Waals surface area contributed by atoms with Crippen molar-refractivity contribution in [3.63, 3.8) is 0 Å². The molecule has 0 nitrogen and oxygen atoms in total. The van der Waals surface area contributed by atoms with Crippen LogP contribution in [0.25, 0.3) is 0 Å². The van der Waals surface area contributed by atoms with Crippen molar-refractivity contribution in [2.75, 3.05) is 0 Å². The molecule has 0 amide bonds. The Kier molecular flexibility index (Phi) is 3.00. The lowest BCUT2D eigenvalue weighted by Gasteiger charge is -2.03. The number of rotatable bonds is 2. The number of hydrogen-bond acceptors (Lipinski definition) is 0. The summed E-state index contributed by atoms with van der Waals surface area (Å²) in [5.74, 6) is -1.05. The van der Waals surface area contributed by atoms with Gasteiger partial charge < -0.3 is 0 Å². The van der Waals surface area contributed by atoms with Crippen LogP contribution in [0.2, 0.25) is 0 Å². The van der Waals surface area contributed by atoms with Gasteiger partial charge in [-0.3, -0.25) is 0 Å². The second-order valence-electron chi connectivity index (χ2n) is 3.94. The van der Waals surface area contributed by atoms with E-state index in [1.165, 1.54) is 12.1 Å². The summed E-state index contributed by atoms with van der Waals surface area (Å²) in [4.78, 5) is 0. The maximum Gasteiger partial charge on any atom is 0.126 e. The normalized spacial score (nSPS) is 10.4. The van der Waals surface area contributed by atoms with Crippen LogP contribution in [0.4, 0.5) is 8.78 Å². The predicted molar refractivity (Wildman–Crippen MR) is 60.3 cm³/mol. The minimum atomic E-state index is -0.525. The minimum absolute atomic E-state index is 0.525. The van der Waals surface area contributed by atoms with E-state index in [4.69, 9.17) is 0 Å². The third kappa shape index (κ3) is 2.66. The summed E-state index contributed by atoms with van der Waals surface area (Å²) in [6, 6.07) is 11.5. The zero-order valence-corrected chi connectivity index (χ0v) is 9.00. The molecule has 2 aromatic carbocycles. The molecule has 0 atom stereocenters. The quantitative estimate of drug-likeness (QED) is 0.718. The van der Waals surface area contributed by atoms with Crippen LogP contribution in [0.15, 0.2) is 42.5 Å². The van der Waals surface area contributed by atoms with Gasteiger partial charge in [0.25, 0.3) is 0 Å². The third-order valence-corrected chi connectivity index (χ3v) is 2.41. The number of halogens is 2. The van der Waals surface area contributed by atoms with E-state index in [1.54, 1.807) is 0 Å². The van der Waals surface area contributed by atoms with Gasteiger partial charge in [0.15, 0.2) is 0 Å². The molecule has 0 N–H and O–H groups in total. The van der Waals surface area contributed by atoms with Gasteiger partial charge in [0, 0.05) is 6.07 Å². The first-order chi connectivity index (χ1) is 7.63. The molecular weight excluding hydrogens is 206 g/mol. The Morgan fingerprint density at radius 3 is 2.19 bits per heavy atom. The summed E-state index contributed by atoms with van der Waals surface area (Å²) in [5.41, 5.74) is 2.86. The van der Waals surface area contributed by atoms with E-state index >= 15 is 0 Å². The molecule has 0 saturated carbocycles. The van der Waals surface area contributed by atoms with Crippen molar-refractivity contribution in [2.45, 2.75) is 13.3 Å². The first-order valence-corrected chi connectivity index (χ1v) is 5.14. The Balaban J connectivity index is 2.27. The van der Waals surface area contributed by atoms with Gasteiger partial charge in [0.2, 0.25) is 0 Å². The third-order valence-electron chi connectivity index (χ3n) is 2.41. The van der Waals surface area contributed by atoms with Crippen molar-refractivity contribution < 1.29 is 8.78 Å². The Bertz CT molecular complexity index is 484. The molecule has 0 unspecified atom stereocenters. The van der Waals surface area contributed by atoms with Crippen molar-refractivity contribution in [1.82, 2.24) is 0 Å². The van der Waals surface area contributed by atoms with Gasteiger partial charge >= 0.3 is 0 Å². The first-order valence-electron chi connectivity index (χ1n) is 5.14. The maximum atomic E-state index is 13.0. The Morgan fingerprint density at radius 2 is 1.56 bits per heavy atom. The fraction of sp³-hybridized carbons (Fsp3) is 0.143. The average Bonchev–Trinajstić information content (AvgIpc) is 2.15. The lowest BCUT2D eigenvalue weighted by atomic mass is 10.0. The van der Waals surface area contributed by atoms with E-state index < -0.39 is 11.6 Å². The lowest BCUT2D eigenvalue weighted by molar-refractivity contribution is 0.580.